The quantitative estimate of drug-likeness (QED) is 0.815. The van der Waals surface area contributed by atoms with Crippen molar-refractivity contribution in [1.82, 2.24) is 4.98 Å². The number of carbonyl (C=O) groups is 1. The van der Waals surface area contributed by atoms with E-state index in [2.05, 4.69) is 15.3 Å². The molecule has 0 atom stereocenters. The van der Waals surface area contributed by atoms with Gasteiger partial charge in [0.25, 0.3) is 5.13 Å². The van der Waals surface area contributed by atoms with Gasteiger partial charge in [-0.05, 0) is 33.1 Å². The van der Waals surface area contributed by atoms with Gasteiger partial charge in [-0.2, -0.15) is 0 Å². The largest absolute Gasteiger partial charge is 0.462 e. The second-order valence-electron chi connectivity index (χ2n) is 4.50. The molecule has 0 aromatic carbocycles. The molecule has 104 valence electrons. The summed E-state index contributed by atoms with van der Waals surface area (Å²) in [5, 5.41) is 4.04. The smallest absolute Gasteiger partial charge is 0.350 e. The van der Waals surface area contributed by atoms with E-state index in [9.17, 15) is 4.79 Å². The van der Waals surface area contributed by atoms with E-state index in [0.29, 0.717) is 11.5 Å². The third-order valence-electron chi connectivity index (χ3n) is 2.96. The van der Waals surface area contributed by atoms with Crippen molar-refractivity contribution in [1.29, 1.82) is 0 Å². The van der Waals surface area contributed by atoms with Gasteiger partial charge in [-0.3, -0.25) is 4.99 Å². The SMILES string of the molecule is CCOC(=O)c1sc(NC2=[NH+]CCCCC2)nc1C. The maximum atomic E-state index is 11.7. The lowest BCUT2D eigenvalue weighted by molar-refractivity contribution is -0.457. The van der Waals surface area contributed by atoms with Crippen molar-refractivity contribution in [2.45, 2.75) is 39.5 Å². The fourth-order valence-electron chi connectivity index (χ4n) is 2.00. The first-order chi connectivity index (χ1) is 9.20. The predicted octanol–water partition coefficient (Wildman–Crippen LogP) is 1.09. The molecule has 19 heavy (non-hydrogen) atoms. The lowest BCUT2D eigenvalue weighted by Gasteiger charge is -1.97. The van der Waals surface area contributed by atoms with Gasteiger partial charge in [-0.25, -0.2) is 15.1 Å². The summed E-state index contributed by atoms with van der Waals surface area (Å²) < 4.78 is 5.01. The number of amidine groups is 1. The van der Waals surface area contributed by atoms with Crippen LogP contribution >= 0.6 is 11.3 Å². The van der Waals surface area contributed by atoms with Gasteiger partial charge in [0, 0.05) is 6.42 Å². The van der Waals surface area contributed by atoms with Crippen LogP contribution in [-0.2, 0) is 4.74 Å². The summed E-state index contributed by atoms with van der Waals surface area (Å²) in [4.78, 5) is 20.1. The zero-order valence-electron chi connectivity index (χ0n) is 11.4. The highest BCUT2D eigenvalue weighted by Gasteiger charge is 2.20. The van der Waals surface area contributed by atoms with E-state index in [4.69, 9.17) is 4.74 Å². The first kappa shape index (κ1) is 14.0. The van der Waals surface area contributed by atoms with Crippen molar-refractivity contribution in [3.8, 4) is 0 Å². The average Bonchev–Trinajstić information content (AvgIpc) is 2.59. The van der Waals surface area contributed by atoms with Gasteiger partial charge in [-0.15, -0.1) is 0 Å². The van der Waals surface area contributed by atoms with Crippen LogP contribution in [-0.4, -0.2) is 29.9 Å². The summed E-state index contributed by atoms with van der Waals surface area (Å²) in [5.74, 6) is 0.811. The number of rotatable bonds is 3. The van der Waals surface area contributed by atoms with Crippen LogP contribution in [0.3, 0.4) is 0 Å². The van der Waals surface area contributed by atoms with Crippen molar-refractivity contribution in [2.24, 2.45) is 0 Å². The van der Waals surface area contributed by atoms with Crippen molar-refractivity contribution >= 4 is 28.3 Å². The highest BCUT2D eigenvalue weighted by atomic mass is 32.1. The average molecular weight is 282 g/mol. The molecule has 2 heterocycles. The molecule has 0 spiro atoms. The molecule has 1 aromatic rings. The van der Waals surface area contributed by atoms with Gasteiger partial charge in [0.1, 0.15) is 4.88 Å². The number of aryl methyl sites for hydroxylation is 1. The van der Waals surface area contributed by atoms with Crippen molar-refractivity contribution in [3.63, 3.8) is 0 Å². The van der Waals surface area contributed by atoms with Gasteiger partial charge in [0.15, 0.2) is 0 Å². The summed E-state index contributed by atoms with van der Waals surface area (Å²) in [5.41, 5.74) is 0.722. The highest BCUT2D eigenvalue weighted by Crippen LogP contribution is 2.23. The molecule has 0 bridgehead atoms. The standard InChI is InChI=1S/C13H19N3O2S/c1-3-18-12(17)11-9(2)15-13(19-11)16-10-7-5-4-6-8-14-10/h3-8H2,1-2H3,(H,14,15,16)/p+1. The third kappa shape index (κ3) is 3.76. The minimum atomic E-state index is -0.288. The molecule has 0 amide bonds. The molecule has 0 saturated heterocycles. The van der Waals surface area contributed by atoms with Crippen LogP contribution in [0.2, 0.25) is 0 Å². The Balaban J connectivity index is 2.07. The molecular weight excluding hydrogens is 262 g/mol. The zero-order valence-corrected chi connectivity index (χ0v) is 12.2. The van der Waals surface area contributed by atoms with Crippen molar-refractivity contribution in [2.75, 3.05) is 18.5 Å². The van der Waals surface area contributed by atoms with E-state index in [1.54, 1.807) is 6.92 Å². The highest BCUT2D eigenvalue weighted by molar-refractivity contribution is 7.17. The van der Waals surface area contributed by atoms with E-state index < -0.39 is 0 Å². The number of hydrogen-bond donors (Lipinski definition) is 2. The normalized spacial score (nSPS) is 15.6. The van der Waals surface area contributed by atoms with Crippen LogP contribution in [0.4, 0.5) is 5.13 Å². The lowest BCUT2D eigenvalue weighted by atomic mass is 10.2. The van der Waals surface area contributed by atoms with Gasteiger partial charge in [-0.1, -0.05) is 11.3 Å². The molecule has 0 saturated carbocycles. The Labute approximate surface area is 117 Å². The van der Waals surface area contributed by atoms with Crippen LogP contribution in [0.25, 0.3) is 0 Å². The summed E-state index contributed by atoms with van der Waals surface area (Å²) in [6, 6.07) is 0. The number of carbonyl (C=O) groups excluding carboxylic acids is 1. The second kappa shape index (κ2) is 6.65. The minimum Gasteiger partial charge on any atom is -0.462 e. The number of aromatic nitrogens is 1. The summed E-state index contributed by atoms with van der Waals surface area (Å²) in [7, 11) is 0. The first-order valence-corrected chi connectivity index (χ1v) is 7.53. The molecule has 2 rings (SSSR count). The second-order valence-corrected chi connectivity index (χ2v) is 5.49. The predicted molar refractivity (Wildman–Crippen MR) is 75.7 cm³/mol. The first-order valence-electron chi connectivity index (χ1n) is 6.72. The number of anilines is 1. The maximum absolute atomic E-state index is 11.7. The Hall–Kier alpha value is -1.43. The minimum absolute atomic E-state index is 0.288. The number of nitrogens with one attached hydrogen (secondary N) is 2. The molecule has 0 unspecified atom stereocenters. The van der Waals surface area contributed by atoms with Gasteiger partial charge in [0.2, 0.25) is 5.84 Å². The Morgan fingerprint density at radius 2 is 2.32 bits per heavy atom. The van der Waals surface area contributed by atoms with Crippen molar-refractivity contribution < 1.29 is 14.5 Å². The summed E-state index contributed by atoms with van der Waals surface area (Å²) in [6.45, 7) is 5.02. The van der Waals surface area contributed by atoms with E-state index in [1.807, 2.05) is 6.92 Å². The molecule has 0 fully saturated rings. The zero-order chi connectivity index (χ0) is 13.7. The number of hydrogen-bond acceptors (Lipinski definition) is 5. The fraction of sp³-hybridized carbons (Fsp3) is 0.615. The van der Waals surface area contributed by atoms with Gasteiger partial charge in [0.05, 0.1) is 18.8 Å². The lowest BCUT2D eigenvalue weighted by Crippen LogP contribution is -2.74. The summed E-state index contributed by atoms with van der Waals surface area (Å²) in [6.07, 6.45) is 4.65. The number of esters is 1. The molecule has 2 N–H and O–H groups in total. The molecule has 1 aliphatic heterocycles. The topological polar surface area (TPSA) is 65.2 Å². The molecule has 1 aromatic heterocycles. The Kier molecular flexibility index (Phi) is 4.90. The van der Waals surface area contributed by atoms with Crippen LogP contribution < -0.4 is 10.3 Å². The molecule has 1 aliphatic rings. The van der Waals surface area contributed by atoms with E-state index in [0.717, 1.165) is 29.6 Å². The van der Waals surface area contributed by atoms with E-state index >= 15 is 0 Å². The molecular formula is C13H20N3O2S+. The number of thiazole rings is 1. The van der Waals surface area contributed by atoms with Crippen LogP contribution in [0.5, 0.6) is 0 Å². The van der Waals surface area contributed by atoms with Gasteiger partial charge >= 0.3 is 5.97 Å². The molecule has 0 aliphatic carbocycles. The fourth-order valence-corrected chi connectivity index (χ4v) is 2.89. The van der Waals surface area contributed by atoms with Crippen molar-refractivity contribution in [3.05, 3.63) is 10.6 Å². The van der Waals surface area contributed by atoms with E-state index in [-0.39, 0.29) is 5.97 Å². The van der Waals surface area contributed by atoms with Crippen LogP contribution in [0.15, 0.2) is 0 Å². The Morgan fingerprint density at radius 1 is 1.47 bits per heavy atom. The maximum Gasteiger partial charge on any atom is 0.350 e. The monoisotopic (exact) mass is 282 g/mol. The number of nitrogens with zero attached hydrogens (tertiary/aromatic N) is 1. The Bertz CT molecular complexity index is 482. The molecule has 6 heteroatoms. The summed E-state index contributed by atoms with van der Waals surface area (Å²) >= 11 is 1.35. The third-order valence-corrected chi connectivity index (χ3v) is 4.01. The molecule has 0 radical (unpaired) electrons. The number of ether oxygens (including phenoxy) is 1. The van der Waals surface area contributed by atoms with E-state index in [1.165, 1.54) is 30.6 Å². The van der Waals surface area contributed by atoms with Crippen LogP contribution in [0.1, 0.15) is 48.0 Å². The van der Waals surface area contributed by atoms with Crippen LogP contribution in [0, 0.1) is 6.92 Å². The van der Waals surface area contributed by atoms with Gasteiger partial charge < -0.3 is 4.74 Å². The Morgan fingerprint density at radius 3 is 3.11 bits per heavy atom. The molecule has 5 nitrogen and oxygen atoms in total.